The van der Waals surface area contributed by atoms with Crippen LogP contribution >= 0.6 is 0 Å². The lowest BCUT2D eigenvalue weighted by atomic mass is 10.0. The molecule has 0 aliphatic rings. The summed E-state index contributed by atoms with van der Waals surface area (Å²) in [6.45, 7) is -1.89. The van der Waals surface area contributed by atoms with Crippen LogP contribution in [0.2, 0.25) is 0 Å². The van der Waals surface area contributed by atoms with Crippen molar-refractivity contribution in [1.29, 1.82) is 0 Å². The molecule has 16 heteroatoms. The van der Waals surface area contributed by atoms with E-state index in [1.54, 1.807) is 0 Å². The number of hydrogen-bond acceptors (Lipinski definition) is 16. The Labute approximate surface area is 194 Å². The number of ether oxygens (including phenoxy) is 2. The van der Waals surface area contributed by atoms with Crippen LogP contribution in [-0.4, -0.2) is 165 Å². The molecule has 0 saturated heterocycles. The average molecular weight is 510 g/mol. The highest BCUT2D eigenvalue weighted by atomic mass is 16.6. The first-order chi connectivity index (χ1) is 15.8. The molecule has 0 aromatic carbocycles. The van der Waals surface area contributed by atoms with Gasteiger partial charge in [-0.25, -0.2) is 0 Å². The van der Waals surface area contributed by atoms with E-state index in [2.05, 4.69) is 0 Å². The first-order valence-electron chi connectivity index (χ1n) is 10.5. The Balaban J connectivity index is 5.28. The molecular weight excluding hydrogens is 472 g/mol. The van der Waals surface area contributed by atoms with Gasteiger partial charge in [0, 0.05) is 19.8 Å². The van der Waals surface area contributed by atoms with E-state index in [-0.39, 0.29) is 6.42 Å². The molecule has 206 valence electrons. The molecule has 0 heterocycles. The number of hydrogen-bond donors (Lipinski definition) is 14. The van der Waals surface area contributed by atoms with Crippen LogP contribution in [-0.2, 0) is 9.47 Å². The van der Waals surface area contributed by atoms with Crippen molar-refractivity contribution in [3.05, 3.63) is 0 Å². The summed E-state index contributed by atoms with van der Waals surface area (Å²) in [5.74, 6) is 0. The fraction of sp³-hybridized carbons (Fsp3) is 1.00. The summed E-state index contributed by atoms with van der Waals surface area (Å²) in [6, 6.07) is 0. The standard InChI is InChI=1S/C18H38O16/c19-4-1-7(22)10(23)14(27)17(31)34-9(3-6-21)12(25)15(28)18(32)33-8(2-5-20)11(24)13(26)16(29)30/h7-32H,1-6H2/t7-,8+,9-,10-,11?,12?,13-,14?,15-,17+,18-/m0/s1. The summed E-state index contributed by atoms with van der Waals surface area (Å²) in [4.78, 5) is 0. The molecular formula is C18H38O16. The van der Waals surface area contributed by atoms with Gasteiger partial charge in [0.15, 0.2) is 18.9 Å². The molecule has 16 nitrogen and oxygen atoms in total. The van der Waals surface area contributed by atoms with Gasteiger partial charge in [-0.05, 0) is 19.3 Å². The molecule has 0 aliphatic carbocycles. The van der Waals surface area contributed by atoms with Crippen molar-refractivity contribution in [3.63, 3.8) is 0 Å². The molecule has 11 atom stereocenters. The van der Waals surface area contributed by atoms with E-state index in [1.165, 1.54) is 0 Å². The summed E-state index contributed by atoms with van der Waals surface area (Å²) in [6.07, 6.45) is -26.1. The summed E-state index contributed by atoms with van der Waals surface area (Å²) in [7, 11) is 0. The zero-order valence-electron chi connectivity index (χ0n) is 18.2. The van der Waals surface area contributed by atoms with Gasteiger partial charge >= 0.3 is 0 Å². The summed E-state index contributed by atoms with van der Waals surface area (Å²) in [5, 5.41) is 134. The van der Waals surface area contributed by atoms with Crippen molar-refractivity contribution in [2.75, 3.05) is 19.8 Å². The Morgan fingerprint density at radius 1 is 0.412 bits per heavy atom. The van der Waals surface area contributed by atoms with E-state index in [1.807, 2.05) is 0 Å². The van der Waals surface area contributed by atoms with Crippen molar-refractivity contribution >= 4 is 0 Å². The van der Waals surface area contributed by atoms with Gasteiger partial charge in [-0.15, -0.1) is 0 Å². The maximum Gasteiger partial charge on any atom is 0.183 e. The molecule has 0 fully saturated rings. The summed E-state index contributed by atoms with van der Waals surface area (Å²) in [5.41, 5.74) is 0. The van der Waals surface area contributed by atoms with Crippen LogP contribution in [0.3, 0.4) is 0 Å². The summed E-state index contributed by atoms with van der Waals surface area (Å²) >= 11 is 0. The fourth-order valence-electron chi connectivity index (χ4n) is 2.90. The minimum atomic E-state index is -2.41. The summed E-state index contributed by atoms with van der Waals surface area (Å²) < 4.78 is 9.86. The third kappa shape index (κ3) is 10.5. The molecule has 0 spiro atoms. The van der Waals surface area contributed by atoms with Crippen LogP contribution in [0.15, 0.2) is 0 Å². The largest absolute Gasteiger partial charge is 0.396 e. The van der Waals surface area contributed by atoms with E-state index < -0.39 is 106 Å². The van der Waals surface area contributed by atoms with Crippen LogP contribution in [0.4, 0.5) is 0 Å². The van der Waals surface area contributed by atoms with Gasteiger partial charge in [0.25, 0.3) is 0 Å². The lowest BCUT2D eigenvalue weighted by molar-refractivity contribution is -0.272. The lowest BCUT2D eigenvalue weighted by Gasteiger charge is -2.35. The van der Waals surface area contributed by atoms with Crippen LogP contribution in [0, 0.1) is 0 Å². The molecule has 3 unspecified atom stereocenters. The second-order valence-corrected chi connectivity index (χ2v) is 7.59. The van der Waals surface area contributed by atoms with Crippen molar-refractivity contribution < 1.29 is 81.0 Å². The minimum absolute atomic E-state index is 0.348. The number of aliphatic hydroxyl groups excluding tert-OH is 13. The fourth-order valence-corrected chi connectivity index (χ4v) is 2.90. The maximum atomic E-state index is 10.3. The molecule has 14 N–H and O–H groups in total. The monoisotopic (exact) mass is 510 g/mol. The smallest absolute Gasteiger partial charge is 0.183 e. The number of aliphatic hydroxyl groups is 14. The van der Waals surface area contributed by atoms with Gasteiger partial charge in [-0.3, -0.25) is 0 Å². The predicted molar refractivity (Wildman–Crippen MR) is 107 cm³/mol. The quantitative estimate of drug-likeness (QED) is 0.0717. The Morgan fingerprint density at radius 3 is 1.12 bits per heavy atom. The molecule has 0 aromatic heterocycles. The molecule has 0 saturated carbocycles. The van der Waals surface area contributed by atoms with E-state index in [0.29, 0.717) is 0 Å². The van der Waals surface area contributed by atoms with Gasteiger partial charge in [-0.1, -0.05) is 0 Å². The Bertz CT molecular complexity index is 512. The van der Waals surface area contributed by atoms with Crippen LogP contribution in [0.25, 0.3) is 0 Å². The first kappa shape index (κ1) is 33.4. The van der Waals surface area contributed by atoms with Crippen molar-refractivity contribution in [2.24, 2.45) is 0 Å². The maximum absolute atomic E-state index is 10.3. The second-order valence-electron chi connectivity index (χ2n) is 7.59. The third-order valence-electron chi connectivity index (χ3n) is 4.98. The Hall–Kier alpha value is -0.640. The van der Waals surface area contributed by atoms with Crippen LogP contribution in [0.1, 0.15) is 19.3 Å². The predicted octanol–water partition coefficient (Wildman–Crippen LogP) is -7.62. The topological polar surface area (TPSA) is 302 Å². The van der Waals surface area contributed by atoms with E-state index in [4.69, 9.17) is 35.0 Å². The lowest BCUT2D eigenvalue weighted by Crippen LogP contribution is -2.53. The zero-order chi connectivity index (χ0) is 26.6. The highest BCUT2D eigenvalue weighted by Gasteiger charge is 2.39. The minimum Gasteiger partial charge on any atom is -0.396 e. The molecule has 0 radical (unpaired) electrons. The van der Waals surface area contributed by atoms with E-state index in [9.17, 15) is 46.0 Å². The Kier molecular flexibility index (Phi) is 16.6. The van der Waals surface area contributed by atoms with Crippen molar-refractivity contribution in [2.45, 2.75) is 93.1 Å². The van der Waals surface area contributed by atoms with Gasteiger partial charge in [0.2, 0.25) is 0 Å². The highest BCUT2D eigenvalue weighted by molar-refractivity contribution is 4.84. The molecule has 34 heavy (non-hydrogen) atoms. The SMILES string of the molecule is OCC[C@H](O[C@@H](O)C(O)[C@@H](O)[C@@H](O)CCO)C(O)[C@H](O)[C@@H](O)O[C@H](CCO)C(O)[C@H](O)C(O)O. The third-order valence-corrected chi connectivity index (χ3v) is 4.98. The number of rotatable bonds is 19. The van der Waals surface area contributed by atoms with Crippen molar-refractivity contribution in [1.82, 2.24) is 0 Å². The highest BCUT2D eigenvalue weighted by Crippen LogP contribution is 2.20. The van der Waals surface area contributed by atoms with Gasteiger partial charge in [-0.2, -0.15) is 0 Å². The normalized spacial score (nSPS) is 22.3. The van der Waals surface area contributed by atoms with Crippen LogP contribution in [0.5, 0.6) is 0 Å². The van der Waals surface area contributed by atoms with Gasteiger partial charge < -0.3 is 81.0 Å². The zero-order valence-corrected chi connectivity index (χ0v) is 18.2. The second kappa shape index (κ2) is 16.9. The van der Waals surface area contributed by atoms with Gasteiger partial charge in [0.1, 0.15) is 36.6 Å². The van der Waals surface area contributed by atoms with Crippen molar-refractivity contribution in [3.8, 4) is 0 Å². The average Bonchev–Trinajstić information content (AvgIpc) is 2.80. The Morgan fingerprint density at radius 2 is 0.765 bits per heavy atom. The van der Waals surface area contributed by atoms with E-state index >= 15 is 0 Å². The molecule has 0 amide bonds. The molecule has 0 aromatic rings. The molecule has 0 aliphatic heterocycles. The first-order valence-corrected chi connectivity index (χ1v) is 10.5. The molecule has 0 bridgehead atoms. The van der Waals surface area contributed by atoms with E-state index in [0.717, 1.165) is 0 Å². The van der Waals surface area contributed by atoms with Gasteiger partial charge in [0.05, 0.1) is 18.3 Å². The molecule has 0 rings (SSSR count). The van der Waals surface area contributed by atoms with Crippen LogP contribution < -0.4 is 0 Å².